The number of carbonyl (C=O) groups is 2. The van der Waals surface area contributed by atoms with Crippen molar-refractivity contribution >= 4 is 34.1 Å². The lowest BCUT2D eigenvalue weighted by molar-refractivity contribution is -0.121. The van der Waals surface area contributed by atoms with E-state index in [9.17, 15) is 14.7 Å². The number of amides is 2. The molecule has 0 aliphatic heterocycles. The Morgan fingerprint density at radius 3 is 2.66 bits per heavy atom. The summed E-state index contributed by atoms with van der Waals surface area (Å²) in [5.74, 6) is -0.247. The van der Waals surface area contributed by atoms with Crippen LogP contribution < -0.4 is 15.5 Å². The molecule has 0 aromatic heterocycles. The van der Waals surface area contributed by atoms with E-state index < -0.39 is 18.0 Å². The van der Waals surface area contributed by atoms with Gasteiger partial charge in [-0.2, -0.15) is 5.10 Å². The smallest absolute Gasteiger partial charge is 0.407 e. The highest BCUT2D eigenvalue weighted by Crippen LogP contribution is 2.32. The minimum atomic E-state index is -0.608. The van der Waals surface area contributed by atoms with E-state index in [0.29, 0.717) is 10.0 Å². The Hall–Kier alpha value is -3.07. The zero-order chi connectivity index (χ0) is 21.2. The minimum Gasteiger partial charge on any atom is -0.504 e. The molecular formula is C20H22BrN3O5. The first kappa shape index (κ1) is 22.2. The van der Waals surface area contributed by atoms with Crippen LogP contribution in [0.5, 0.6) is 11.5 Å². The van der Waals surface area contributed by atoms with E-state index in [-0.39, 0.29) is 24.5 Å². The lowest BCUT2D eigenvalue weighted by Gasteiger charge is -2.18. The zero-order valence-electron chi connectivity index (χ0n) is 16.0. The number of hydrogen-bond donors (Lipinski definition) is 3. The summed E-state index contributed by atoms with van der Waals surface area (Å²) >= 11 is 3.31. The molecule has 0 fully saturated rings. The number of aromatic hydroxyl groups is 1. The molecular weight excluding hydrogens is 442 g/mol. The van der Waals surface area contributed by atoms with Crippen LogP contribution in [0.4, 0.5) is 4.79 Å². The normalized spacial score (nSPS) is 11.7. The van der Waals surface area contributed by atoms with Crippen LogP contribution in [0.3, 0.4) is 0 Å². The molecule has 0 aliphatic carbocycles. The first-order chi connectivity index (χ1) is 13.9. The maximum Gasteiger partial charge on any atom is 0.407 e. The Balaban J connectivity index is 2.05. The summed E-state index contributed by atoms with van der Waals surface area (Å²) in [6.45, 7) is 1.92. The molecule has 0 spiro atoms. The fourth-order valence-corrected chi connectivity index (χ4v) is 2.96. The Morgan fingerprint density at radius 2 is 2.00 bits per heavy atom. The van der Waals surface area contributed by atoms with Crippen molar-refractivity contribution in [3.63, 3.8) is 0 Å². The van der Waals surface area contributed by atoms with Crippen molar-refractivity contribution in [3.8, 4) is 11.5 Å². The van der Waals surface area contributed by atoms with Crippen LogP contribution in [0.1, 0.15) is 30.5 Å². The maximum absolute atomic E-state index is 12.3. The first-order valence-electron chi connectivity index (χ1n) is 8.81. The van der Waals surface area contributed by atoms with E-state index in [4.69, 9.17) is 9.47 Å². The van der Waals surface area contributed by atoms with E-state index in [1.165, 1.54) is 13.3 Å². The summed E-state index contributed by atoms with van der Waals surface area (Å²) in [7, 11) is 1.43. The number of rotatable bonds is 8. The highest BCUT2D eigenvalue weighted by molar-refractivity contribution is 9.10. The van der Waals surface area contributed by atoms with Gasteiger partial charge in [-0.15, -0.1) is 0 Å². The number of phenolic OH excluding ortho intramolecular Hbond substituents is 1. The average Bonchev–Trinajstić information content (AvgIpc) is 2.70. The second-order valence-electron chi connectivity index (χ2n) is 5.87. The molecule has 9 heteroatoms. The molecule has 3 N–H and O–H groups in total. The van der Waals surface area contributed by atoms with Crippen molar-refractivity contribution < 1.29 is 24.2 Å². The summed E-state index contributed by atoms with van der Waals surface area (Å²) in [4.78, 5) is 24.1. The molecule has 29 heavy (non-hydrogen) atoms. The minimum absolute atomic E-state index is 0.0477. The average molecular weight is 464 g/mol. The van der Waals surface area contributed by atoms with Gasteiger partial charge in [-0.05, 0) is 24.6 Å². The molecule has 2 aromatic carbocycles. The van der Waals surface area contributed by atoms with E-state index in [0.717, 1.165) is 5.56 Å². The number of ether oxygens (including phenoxy) is 2. The fraction of sp³-hybridized carbons (Fsp3) is 0.250. The molecule has 8 nitrogen and oxygen atoms in total. The highest BCUT2D eigenvalue weighted by atomic mass is 79.9. The topological polar surface area (TPSA) is 109 Å². The van der Waals surface area contributed by atoms with E-state index in [1.54, 1.807) is 31.2 Å². The Kier molecular flexibility index (Phi) is 8.47. The number of nitrogens with one attached hydrogen (secondary N) is 2. The summed E-state index contributed by atoms with van der Waals surface area (Å²) < 4.78 is 10.7. The summed E-state index contributed by atoms with van der Waals surface area (Å²) in [6, 6.07) is 11.7. The van der Waals surface area contributed by atoms with Gasteiger partial charge in [0.15, 0.2) is 11.5 Å². The van der Waals surface area contributed by atoms with Crippen molar-refractivity contribution in [2.24, 2.45) is 5.10 Å². The van der Waals surface area contributed by atoms with Crippen LogP contribution in [0.25, 0.3) is 0 Å². The Labute approximate surface area is 177 Å². The summed E-state index contributed by atoms with van der Waals surface area (Å²) in [5, 5.41) is 16.7. The van der Waals surface area contributed by atoms with Crippen LogP contribution in [-0.4, -0.2) is 37.0 Å². The van der Waals surface area contributed by atoms with Gasteiger partial charge in [-0.25, -0.2) is 10.2 Å². The fourth-order valence-electron chi connectivity index (χ4n) is 2.51. The molecule has 0 aliphatic rings. The second kappa shape index (κ2) is 11.1. The third-order valence-corrected chi connectivity index (χ3v) is 4.30. The van der Waals surface area contributed by atoms with E-state index in [2.05, 4.69) is 31.8 Å². The second-order valence-corrected chi connectivity index (χ2v) is 6.79. The quantitative estimate of drug-likeness (QED) is 0.410. The van der Waals surface area contributed by atoms with Gasteiger partial charge < -0.3 is 19.9 Å². The molecule has 2 aromatic rings. The SMILES string of the molecule is CCOC(=O)N[C@@H](CC(=O)N/N=C\c1cc(Br)cc(OC)c1O)c1ccccc1. The van der Waals surface area contributed by atoms with Gasteiger partial charge in [0, 0.05) is 10.0 Å². The van der Waals surface area contributed by atoms with Gasteiger partial charge in [0.05, 0.1) is 32.4 Å². The number of hydrazone groups is 1. The van der Waals surface area contributed by atoms with Crippen LogP contribution in [-0.2, 0) is 9.53 Å². The predicted molar refractivity (Wildman–Crippen MR) is 112 cm³/mol. The number of hydrogen-bond acceptors (Lipinski definition) is 6. The van der Waals surface area contributed by atoms with Gasteiger partial charge in [-0.3, -0.25) is 4.79 Å². The van der Waals surface area contributed by atoms with Crippen molar-refractivity contribution in [3.05, 3.63) is 58.1 Å². The van der Waals surface area contributed by atoms with Crippen molar-refractivity contribution in [2.75, 3.05) is 13.7 Å². The number of carbonyl (C=O) groups excluding carboxylic acids is 2. The predicted octanol–water partition coefficient (Wildman–Crippen LogP) is 3.49. The monoisotopic (exact) mass is 463 g/mol. The highest BCUT2D eigenvalue weighted by Gasteiger charge is 2.19. The summed E-state index contributed by atoms with van der Waals surface area (Å²) in [6.07, 6.45) is 0.647. The molecule has 2 amide bonds. The number of phenols is 1. The number of methoxy groups -OCH3 is 1. The van der Waals surface area contributed by atoms with Gasteiger partial charge in [0.1, 0.15) is 0 Å². The van der Waals surface area contributed by atoms with E-state index >= 15 is 0 Å². The molecule has 0 saturated carbocycles. The number of alkyl carbamates (subject to hydrolysis) is 1. The van der Waals surface area contributed by atoms with Crippen LogP contribution in [0.15, 0.2) is 52.0 Å². The van der Waals surface area contributed by atoms with Crippen molar-refractivity contribution in [1.29, 1.82) is 0 Å². The molecule has 2 rings (SSSR count). The molecule has 0 saturated heterocycles. The van der Waals surface area contributed by atoms with Gasteiger partial charge >= 0.3 is 6.09 Å². The van der Waals surface area contributed by atoms with E-state index in [1.807, 2.05) is 18.2 Å². The molecule has 1 atom stereocenters. The van der Waals surface area contributed by atoms with Crippen molar-refractivity contribution in [2.45, 2.75) is 19.4 Å². The molecule has 0 radical (unpaired) electrons. The van der Waals surface area contributed by atoms with Gasteiger partial charge in [-0.1, -0.05) is 46.3 Å². The third kappa shape index (κ3) is 6.79. The van der Waals surface area contributed by atoms with Crippen LogP contribution in [0, 0.1) is 0 Å². The third-order valence-electron chi connectivity index (χ3n) is 3.84. The lowest BCUT2D eigenvalue weighted by atomic mass is 10.0. The Morgan fingerprint density at radius 1 is 1.28 bits per heavy atom. The number of benzene rings is 2. The van der Waals surface area contributed by atoms with Crippen molar-refractivity contribution in [1.82, 2.24) is 10.7 Å². The number of halogens is 1. The molecule has 154 valence electrons. The van der Waals surface area contributed by atoms with Crippen LogP contribution >= 0.6 is 15.9 Å². The van der Waals surface area contributed by atoms with Crippen LogP contribution in [0.2, 0.25) is 0 Å². The first-order valence-corrected chi connectivity index (χ1v) is 9.60. The molecule has 0 heterocycles. The Bertz CT molecular complexity index is 874. The largest absolute Gasteiger partial charge is 0.504 e. The standard InChI is InChI=1S/C20H22BrN3O5/c1-3-29-20(27)23-16(13-7-5-4-6-8-13)11-18(25)24-22-12-14-9-15(21)10-17(28-2)19(14)26/h4-10,12,16,26H,3,11H2,1-2H3,(H,23,27)(H,24,25)/b22-12-/t16-/m0/s1. The molecule has 0 bridgehead atoms. The zero-order valence-corrected chi connectivity index (χ0v) is 17.6. The van der Waals surface area contributed by atoms with Gasteiger partial charge in [0.25, 0.3) is 0 Å². The number of nitrogens with zero attached hydrogens (tertiary/aromatic N) is 1. The summed E-state index contributed by atoms with van der Waals surface area (Å²) in [5.41, 5.74) is 3.51. The van der Waals surface area contributed by atoms with Gasteiger partial charge in [0.2, 0.25) is 5.91 Å². The maximum atomic E-state index is 12.3. The lowest BCUT2D eigenvalue weighted by Crippen LogP contribution is -2.33. The molecule has 0 unspecified atom stereocenters.